The van der Waals surface area contributed by atoms with Crippen molar-refractivity contribution in [2.45, 2.75) is 19.3 Å². The number of hydrogen-bond acceptors (Lipinski definition) is 2. The molecule has 59 heavy (non-hydrogen) atoms. The van der Waals surface area contributed by atoms with Crippen molar-refractivity contribution in [2.75, 3.05) is 4.90 Å². The van der Waals surface area contributed by atoms with E-state index >= 15 is 0 Å². The monoisotopic (exact) mass is 755 g/mol. The lowest BCUT2D eigenvalue weighted by Gasteiger charge is -2.32. The van der Waals surface area contributed by atoms with Crippen LogP contribution in [0.15, 0.2) is 217 Å². The first-order valence-corrected chi connectivity index (χ1v) is 20.4. The highest BCUT2D eigenvalue weighted by molar-refractivity contribution is 6.17. The molecule has 0 unspecified atom stereocenters. The molecule has 1 heterocycles. The van der Waals surface area contributed by atoms with E-state index in [0.29, 0.717) is 0 Å². The molecule has 0 bridgehead atoms. The molecule has 0 fully saturated rings. The molecule has 0 aliphatic heterocycles. The summed E-state index contributed by atoms with van der Waals surface area (Å²) in [7, 11) is 0. The average molecular weight is 756 g/mol. The van der Waals surface area contributed by atoms with Crippen molar-refractivity contribution in [2.24, 2.45) is 0 Å². The van der Waals surface area contributed by atoms with Crippen LogP contribution in [0.25, 0.3) is 77.6 Å². The van der Waals surface area contributed by atoms with Gasteiger partial charge in [-0.2, -0.15) is 0 Å². The van der Waals surface area contributed by atoms with E-state index < -0.39 is 0 Å². The van der Waals surface area contributed by atoms with Gasteiger partial charge in [0.1, 0.15) is 11.2 Å². The number of hydrogen-bond donors (Lipinski definition) is 0. The summed E-state index contributed by atoms with van der Waals surface area (Å²) < 4.78 is 6.64. The van der Waals surface area contributed by atoms with E-state index in [2.05, 4.69) is 231 Å². The number of benzene rings is 9. The van der Waals surface area contributed by atoms with Gasteiger partial charge in [0.15, 0.2) is 0 Å². The third kappa shape index (κ3) is 5.79. The Bertz CT molecular complexity index is 3180. The molecule has 9 aromatic carbocycles. The highest BCUT2D eigenvalue weighted by atomic mass is 16.3. The molecular formula is C57H41NO. The molecule has 1 aliphatic rings. The molecular weight excluding hydrogens is 715 g/mol. The van der Waals surface area contributed by atoms with Gasteiger partial charge in [0.05, 0.1) is 11.4 Å². The fourth-order valence-electron chi connectivity index (χ4n) is 9.40. The van der Waals surface area contributed by atoms with Gasteiger partial charge in [-0.05, 0) is 104 Å². The van der Waals surface area contributed by atoms with E-state index in [-0.39, 0.29) is 5.41 Å². The lowest BCUT2D eigenvalue weighted by atomic mass is 9.82. The number of fused-ring (bicyclic) bond motifs is 6. The molecule has 2 nitrogen and oxygen atoms in total. The molecule has 11 rings (SSSR count). The Morgan fingerprint density at radius 3 is 1.73 bits per heavy atom. The van der Waals surface area contributed by atoms with E-state index in [1.807, 2.05) is 0 Å². The Balaban J connectivity index is 1.24. The Labute approximate surface area is 345 Å². The molecule has 0 saturated carbocycles. The fourth-order valence-corrected chi connectivity index (χ4v) is 9.40. The summed E-state index contributed by atoms with van der Waals surface area (Å²) in [6.45, 7) is 4.72. The van der Waals surface area contributed by atoms with Crippen molar-refractivity contribution in [3.8, 4) is 55.6 Å². The van der Waals surface area contributed by atoms with Crippen LogP contribution in [0.1, 0.15) is 25.0 Å². The summed E-state index contributed by atoms with van der Waals surface area (Å²) in [6.07, 6.45) is 0. The Morgan fingerprint density at radius 2 is 0.966 bits per heavy atom. The number of para-hydroxylation sites is 1. The molecule has 0 N–H and O–H groups in total. The minimum atomic E-state index is -0.176. The van der Waals surface area contributed by atoms with E-state index in [9.17, 15) is 0 Å². The predicted octanol–water partition coefficient (Wildman–Crippen LogP) is 16.0. The lowest BCUT2D eigenvalue weighted by Crippen LogP contribution is -2.17. The fraction of sp³-hybridized carbons (Fsp3) is 0.0526. The standard InChI is InChI=1S/C57H41NO/c1-57(2)49-27-14-12-25-45(49)46-31-30-44(37-50(46)57)58(51-32-29-42(39-19-8-4-9-20-39)36-48(51)40-21-10-5-11-22-40)52-33-34-54-56(47-26-13-15-28-53(47)59-54)55(52)43-24-16-23-41(35-43)38-17-6-3-7-18-38/h3-37H,1-2H3. The maximum atomic E-state index is 6.64. The Kier molecular flexibility index (Phi) is 8.20. The first kappa shape index (κ1) is 34.8. The second-order valence-electron chi connectivity index (χ2n) is 16.1. The number of rotatable bonds is 7. The van der Waals surface area contributed by atoms with E-state index in [4.69, 9.17) is 4.42 Å². The van der Waals surface area contributed by atoms with Crippen molar-refractivity contribution in [3.05, 3.63) is 223 Å². The van der Waals surface area contributed by atoms with Gasteiger partial charge in [0.25, 0.3) is 0 Å². The zero-order valence-corrected chi connectivity index (χ0v) is 33.1. The Hall–Kier alpha value is -7.42. The quantitative estimate of drug-likeness (QED) is 0.161. The highest BCUT2D eigenvalue weighted by Crippen LogP contribution is 2.54. The summed E-state index contributed by atoms with van der Waals surface area (Å²) in [6, 6.07) is 77.0. The van der Waals surface area contributed by atoms with Gasteiger partial charge in [-0.15, -0.1) is 0 Å². The number of furan rings is 1. The predicted molar refractivity (Wildman–Crippen MR) is 248 cm³/mol. The van der Waals surface area contributed by atoms with E-state index in [1.54, 1.807) is 0 Å². The third-order valence-electron chi connectivity index (χ3n) is 12.3. The maximum Gasteiger partial charge on any atom is 0.136 e. The first-order chi connectivity index (χ1) is 29.0. The van der Waals surface area contributed by atoms with Crippen molar-refractivity contribution >= 4 is 39.0 Å². The molecule has 10 aromatic rings. The van der Waals surface area contributed by atoms with Crippen LogP contribution in [0.3, 0.4) is 0 Å². The smallest absolute Gasteiger partial charge is 0.136 e. The van der Waals surface area contributed by atoms with Crippen molar-refractivity contribution in [1.82, 2.24) is 0 Å². The van der Waals surface area contributed by atoms with Gasteiger partial charge in [0.2, 0.25) is 0 Å². The van der Waals surface area contributed by atoms with Crippen LogP contribution >= 0.6 is 0 Å². The van der Waals surface area contributed by atoms with Crippen molar-refractivity contribution < 1.29 is 4.42 Å². The minimum Gasteiger partial charge on any atom is -0.456 e. The van der Waals surface area contributed by atoms with Crippen LogP contribution in [0.5, 0.6) is 0 Å². The molecule has 2 heteroatoms. The average Bonchev–Trinajstić information content (AvgIpc) is 3.79. The molecule has 1 aliphatic carbocycles. The van der Waals surface area contributed by atoms with Crippen molar-refractivity contribution in [3.63, 3.8) is 0 Å². The molecule has 280 valence electrons. The topological polar surface area (TPSA) is 16.4 Å². The molecule has 0 amide bonds. The van der Waals surface area contributed by atoms with E-state index in [0.717, 1.165) is 61.3 Å². The minimum absolute atomic E-state index is 0.176. The highest BCUT2D eigenvalue weighted by Gasteiger charge is 2.36. The van der Waals surface area contributed by atoms with Crippen LogP contribution < -0.4 is 4.90 Å². The molecule has 1 aromatic heterocycles. The lowest BCUT2D eigenvalue weighted by molar-refractivity contribution is 0.660. The second kappa shape index (κ2) is 13.9. The first-order valence-electron chi connectivity index (χ1n) is 20.4. The zero-order valence-electron chi connectivity index (χ0n) is 33.1. The van der Waals surface area contributed by atoms with Gasteiger partial charge in [0, 0.05) is 33.0 Å². The maximum absolute atomic E-state index is 6.64. The largest absolute Gasteiger partial charge is 0.456 e. The number of anilines is 3. The summed E-state index contributed by atoms with van der Waals surface area (Å²) in [5.74, 6) is 0. The van der Waals surface area contributed by atoms with Gasteiger partial charge < -0.3 is 9.32 Å². The van der Waals surface area contributed by atoms with Crippen molar-refractivity contribution in [1.29, 1.82) is 0 Å². The van der Waals surface area contributed by atoms with Gasteiger partial charge in [-0.1, -0.05) is 178 Å². The second-order valence-corrected chi connectivity index (χ2v) is 16.1. The van der Waals surface area contributed by atoms with Crippen LogP contribution in [0, 0.1) is 0 Å². The summed E-state index contributed by atoms with van der Waals surface area (Å²) in [5.41, 5.74) is 19.4. The molecule has 0 spiro atoms. The summed E-state index contributed by atoms with van der Waals surface area (Å²) in [5, 5.41) is 2.20. The third-order valence-corrected chi connectivity index (χ3v) is 12.3. The van der Waals surface area contributed by atoms with Crippen LogP contribution in [0.4, 0.5) is 17.1 Å². The number of nitrogens with zero attached hydrogens (tertiary/aromatic N) is 1. The zero-order chi connectivity index (χ0) is 39.5. The molecule has 0 atom stereocenters. The van der Waals surface area contributed by atoms with Gasteiger partial charge in [-0.3, -0.25) is 0 Å². The van der Waals surface area contributed by atoms with Crippen LogP contribution in [0.2, 0.25) is 0 Å². The summed E-state index contributed by atoms with van der Waals surface area (Å²) >= 11 is 0. The SMILES string of the molecule is CC1(C)c2ccccc2-c2ccc(N(c3ccc(-c4ccccc4)cc3-c3ccccc3)c3ccc4oc5ccccc5c4c3-c3cccc(-c4ccccc4)c3)cc21. The van der Waals surface area contributed by atoms with E-state index in [1.165, 1.54) is 44.5 Å². The van der Waals surface area contributed by atoms with Crippen LogP contribution in [-0.4, -0.2) is 0 Å². The Morgan fingerprint density at radius 1 is 0.373 bits per heavy atom. The molecule has 0 radical (unpaired) electrons. The van der Waals surface area contributed by atoms with Gasteiger partial charge in [-0.25, -0.2) is 0 Å². The molecule has 0 saturated heterocycles. The normalized spacial score (nSPS) is 12.7. The van der Waals surface area contributed by atoms with Crippen LogP contribution in [-0.2, 0) is 5.41 Å². The van der Waals surface area contributed by atoms with Gasteiger partial charge >= 0.3 is 0 Å². The summed E-state index contributed by atoms with van der Waals surface area (Å²) in [4.78, 5) is 2.50.